The summed E-state index contributed by atoms with van der Waals surface area (Å²) in [5.41, 5.74) is 4.22. The Labute approximate surface area is 187 Å². The maximum Gasteiger partial charge on any atom is 0.155 e. The summed E-state index contributed by atoms with van der Waals surface area (Å²) in [4.78, 5) is 14.6. The fraction of sp³-hybridized carbons (Fsp3) is 0.679. The fourth-order valence-corrected chi connectivity index (χ4v) is 8.14. The molecule has 0 aliphatic heterocycles. The number of hydrogen-bond acceptors (Lipinski definition) is 3. The SMILES string of the molecule is CCN(CC)c1ccc([C@H]2C[C@]3(C)C(O)CC[C@H]3[C@@H]3CCC4=CC(=O)CC[C@@H]4[C@H]32)cc1. The van der Waals surface area contributed by atoms with E-state index in [9.17, 15) is 9.90 Å². The summed E-state index contributed by atoms with van der Waals surface area (Å²) in [6.45, 7) is 8.86. The van der Waals surface area contributed by atoms with Crippen molar-refractivity contribution < 1.29 is 9.90 Å². The lowest BCUT2D eigenvalue weighted by Gasteiger charge is -2.57. The van der Waals surface area contributed by atoms with Crippen LogP contribution in [0.15, 0.2) is 35.9 Å². The summed E-state index contributed by atoms with van der Waals surface area (Å²) in [6.07, 6.45) is 9.10. The van der Waals surface area contributed by atoms with Crippen LogP contribution < -0.4 is 4.90 Å². The number of hydrogen-bond donors (Lipinski definition) is 1. The molecule has 168 valence electrons. The predicted molar refractivity (Wildman–Crippen MR) is 126 cm³/mol. The number of ketones is 1. The Morgan fingerprint density at radius 3 is 2.45 bits per heavy atom. The first-order chi connectivity index (χ1) is 15.0. The molecule has 5 rings (SSSR count). The van der Waals surface area contributed by atoms with Crippen molar-refractivity contribution >= 4 is 11.5 Å². The van der Waals surface area contributed by atoms with Crippen LogP contribution in [0, 0.1) is 29.1 Å². The second kappa shape index (κ2) is 8.06. The maximum atomic E-state index is 12.2. The van der Waals surface area contributed by atoms with Gasteiger partial charge in [0.25, 0.3) is 0 Å². The lowest BCUT2D eigenvalue weighted by molar-refractivity contribution is -0.116. The largest absolute Gasteiger partial charge is 0.393 e. The number of allylic oxidation sites excluding steroid dienone is 1. The Bertz CT molecular complexity index is 854. The molecule has 3 saturated carbocycles. The highest BCUT2D eigenvalue weighted by Gasteiger charge is 2.59. The van der Waals surface area contributed by atoms with E-state index in [0.29, 0.717) is 35.4 Å². The number of fused-ring (bicyclic) bond motifs is 5. The average molecular weight is 422 g/mol. The fourth-order valence-electron chi connectivity index (χ4n) is 8.14. The van der Waals surface area contributed by atoms with Crippen molar-refractivity contribution in [2.24, 2.45) is 29.1 Å². The van der Waals surface area contributed by atoms with E-state index in [-0.39, 0.29) is 11.5 Å². The molecule has 0 aromatic heterocycles. The van der Waals surface area contributed by atoms with Gasteiger partial charge in [0.15, 0.2) is 5.78 Å². The molecule has 0 spiro atoms. The molecule has 3 nitrogen and oxygen atoms in total. The molecule has 3 heteroatoms. The minimum absolute atomic E-state index is 0.0368. The van der Waals surface area contributed by atoms with Crippen molar-refractivity contribution in [2.45, 2.75) is 77.7 Å². The Morgan fingerprint density at radius 1 is 1.00 bits per heavy atom. The minimum atomic E-state index is -0.166. The molecular weight excluding hydrogens is 382 g/mol. The van der Waals surface area contributed by atoms with E-state index in [1.807, 2.05) is 6.08 Å². The van der Waals surface area contributed by atoms with E-state index in [1.165, 1.54) is 29.7 Å². The predicted octanol–water partition coefficient (Wildman–Crippen LogP) is 5.73. The van der Waals surface area contributed by atoms with Crippen LogP contribution in [-0.4, -0.2) is 30.1 Å². The zero-order valence-electron chi connectivity index (χ0n) is 19.5. The van der Waals surface area contributed by atoms with Crippen molar-refractivity contribution in [3.63, 3.8) is 0 Å². The Kier molecular flexibility index (Phi) is 5.53. The molecule has 0 amide bonds. The molecule has 4 aliphatic rings. The number of benzene rings is 1. The molecule has 0 saturated heterocycles. The number of carbonyl (C=O) groups is 1. The Hall–Kier alpha value is -1.61. The van der Waals surface area contributed by atoms with E-state index >= 15 is 0 Å². The van der Waals surface area contributed by atoms with Gasteiger partial charge in [-0.05, 0) is 111 Å². The van der Waals surface area contributed by atoms with Gasteiger partial charge < -0.3 is 10.0 Å². The van der Waals surface area contributed by atoms with Gasteiger partial charge in [-0.25, -0.2) is 0 Å². The van der Waals surface area contributed by atoms with E-state index in [0.717, 1.165) is 45.2 Å². The molecule has 3 fully saturated rings. The minimum Gasteiger partial charge on any atom is -0.393 e. The number of anilines is 1. The number of carbonyl (C=O) groups excluding carboxylic acids is 1. The molecule has 0 heterocycles. The van der Waals surface area contributed by atoms with E-state index in [2.05, 4.69) is 49.9 Å². The Balaban J connectivity index is 1.53. The standard InChI is InChI=1S/C28H39NO2/c1-4-29(5-2)20-9-6-18(7-10-20)24-17-28(3)25(14-15-26(28)31)23-12-8-19-16-21(30)11-13-22(19)27(23)24/h6-7,9-10,16,22-27,31H,4-5,8,11-15,17H2,1-3H3/t22-,23-,24+,25-,26?,27+,28-/m0/s1. The maximum absolute atomic E-state index is 12.2. The second-order valence-electron chi connectivity index (χ2n) is 10.9. The topological polar surface area (TPSA) is 40.5 Å². The van der Waals surface area contributed by atoms with Gasteiger partial charge in [0, 0.05) is 25.2 Å². The summed E-state index contributed by atoms with van der Waals surface area (Å²) in [5, 5.41) is 11.0. The lowest BCUT2D eigenvalue weighted by Crippen LogP contribution is -2.50. The normalized spacial score (nSPS) is 39.4. The Morgan fingerprint density at radius 2 is 1.74 bits per heavy atom. The van der Waals surface area contributed by atoms with Crippen LogP contribution >= 0.6 is 0 Å². The van der Waals surface area contributed by atoms with Gasteiger partial charge in [0.2, 0.25) is 0 Å². The zero-order chi connectivity index (χ0) is 21.8. The van der Waals surface area contributed by atoms with Crippen molar-refractivity contribution in [1.82, 2.24) is 0 Å². The van der Waals surface area contributed by atoms with Gasteiger partial charge in [0.1, 0.15) is 0 Å². The summed E-state index contributed by atoms with van der Waals surface area (Å²) in [6, 6.07) is 9.35. The number of aliphatic hydroxyl groups is 1. The summed E-state index contributed by atoms with van der Waals surface area (Å²) in [7, 11) is 0. The van der Waals surface area contributed by atoms with Gasteiger partial charge in [-0.3, -0.25) is 4.79 Å². The van der Waals surface area contributed by atoms with Crippen LogP contribution in [0.2, 0.25) is 0 Å². The van der Waals surface area contributed by atoms with Gasteiger partial charge >= 0.3 is 0 Å². The van der Waals surface area contributed by atoms with Crippen LogP contribution in [0.3, 0.4) is 0 Å². The van der Waals surface area contributed by atoms with E-state index in [4.69, 9.17) is 0 Å². The van der Waals surface area contributed by atoms with E-state index in [1.54, 1.807) is 0 Å². The molecule has 1 unspecified atom stereocenters. The monoisotopic (exact) mass is 421 g/mol. The van der Waals surface area contributed by atoms with Gasteiger partial charge in [0.05, 0.1) is 6.10 Å². The molecule has 0 bridgehead atoms. The summed E-state index contributed by atoms with van der Waals surface area (Å²) in [5.74, 6) is 3.31. The molecule has 7 atom stereocenters. The van der Waals surface area contributed by atoms with E-state index < -0.39 is 0 Å². The van der Waals surface area contributed by atoms with Gasteiger partial charge in [-0.15, -0.1) is 0 Å². The zero-order valence-corrected chi connectivity index (χ0v) is 19.5. The quantitative estimate of drug-likeness (QED) is 0.675. The third-order valence-electron chi connectivity index (χ3n) is 9.70. The molecule has 1 aromatic carbocycles. The molecule has 0 radical (unpaired) electrons. The number of aliphatic hydroxyl groups excluding tert-OH is 1. The molecule has 31 heavy (non-hydrogen) atoms. The molecule has 1 N–H and O–H groups in total. The first-order valence-corrected chi connectivity index (χ1v) is 12.7. The van der Waals surface area contributed by atoms with Crippen molar-refractivity contribution in [3.8, 4) is 0 Å². The van der Waals surface area contributed by atoms with Crippen molar-refractivity contribution in [2.75, 3.05) is 18.0 Å². The van der Waals surface area contributed by atoms with Crippen molar-refractivity contribution in [3.05, 3.63) is 41.5 Å². The molecule has 4 aliphatic carbocycles. The number of nitrogens with zero attached hydrogens (tertiary/aromatic N) is 1. The van der Waals surface area contributed by atoms with Crippen LogP contribution in [0.4, 0.5) is 5.69 Å². The average Bonchev–Trinajstić information content (AvgIpc) is 3.08. The highest BCUT2D eigenvalue weighted by atomic mass is 16.3. The molecule has 1 aromatic rings. The number of rotatable bonds is 4. The highest BCUT2D eigenvalue weighted by Crippen LogP contribution is 2.65. The van der Waals surface area contributed by atoms with Crippen LogP contribution in [0.5, 0.6) is 0 Å². The summed E-state index contributed by atoms with van der Waals surface area (Å²) < 4.78 is 0. The smallest absolute Gasteiger partial charge is 0.155 e. The molecular formula is C28H39NO2. The first kappa shape index (κ1) is 21.2. The van der Waals surface area contributed by atoms with Crippen LogP contribution in [0.25, 0.3) is 0 Å². The van der Waals surface area contributed by atoms with Gasteiger partial charge in [-0.2, -0.15) is 0 Å². The highest BCUT2D eigenvalue weighted by molar-refractivity contribution is 5.91. The lowest BCUT2D eigenvalue weighted by atomic mass is 9.48. The third-order valence-corrected chi connectivity index (χ3v) is 9.70. The third kappa shape index (κ3) is 3.39. The van der Waals surface area contributed by atoms with Gasteiger partial charge in [-0.1, -0.05) is 24.6 Å². The van der Waals surface area contributed by atoms with Crippen LogP contribution in [-0.2, 0) is 4.79 Å². The van der Waals surface area contributed by atoms with Crippen molar-refractivity contribution in [1.29, 1.82) is 0 Å². The summed E-state index contributed by atoms with van der Waals surface area (Å²) >= 11 is 0. The second-order valence-corrected chi connectivity index (χ2v) is 10.9. The van der Waals surface area contributed by atoms with Crippen LogP contribution in [0.1, 0.15) is 77.2 Å². The first-order valence-electron chi connectivity index (χ1n) is 12.7.